The molecule has 0 aromatic carbocycles. The van der Waals surface area contributed by atoms with Crippen molar-refractivity contribution in [1.82, 2.24) is 0 Å². The van der Waals surface area contributed by atoms with Gasteiger partial charge in [-0.15, -0.1) is 0 Å². The maximum absolute atomic E-state index is 5.81. The van der Waals surface area contributed by atoms with Gasteiger partial charge in [0.2, 0.25) is 0 Å². The van der Waals surface area contributed by atoms with Gasteiger partial charge in [-0.3, -0.25) is 0 Å². The van der Waals surface area contributed by atoms with E-state index in [0.29, 0.717) is 4.75 Å². The number of nitrogens with two attached hydrogens (primary N) is 1. The van der Waals surface area contributed by atoms with Gasteiger partial charge < -0.3 is 5.73 Å². The predicted molar refractivity (Wildman–Crippen MR) is 57.5 cm³/mol. The number of hydrogen-bond donors (Lipinski definition) is 1. The molecule has 2 heteroatoms. The third-order valence-electron chi connectivity index (χ3n) is 2.76. The first-order chi connectivity index (χ1) is 5.62. The fourth-order valence-corrected chi connectivity index (χ4v) is 3.85. The lowest BCUT2D eigenvalue weighted by Gasteiger charge is -2.47. The van der Waals surface area contributed by atoms with Crippen LogP contribution in [0, 0.1) is 5.92 Å². The van der Waals surface area contributed by atoms with Crippen molar-refractivity contribution < 1.29 is 0 Å². The molecule has 0 aromatic rings. The minimum absolute atomic E-state index is 0.453. The van der Waals surface area contributed by atoms with E-state index in [1.807, 2.05) is 0 Å². The van der Waals surface area contributed by atoms with Crippen LogP contribution in [-0.4, -0.2) is 16.5 Å². The SMILES string of the molecule is CCC1CC(CN)(SC(C)C)C1. The lowest BCUT2D eigenvalue weighted by molar-refractivity contribution is 0.228. The quantitative estimate of drug-likeness (QED) is 0.732. The van der Waals surface area contributed by atoms with Gasteiger partial charge >= 0.3 is 0 Å². The molecule has 2 N–H and O–H groups in total. The zero-order chi connectivity index (χ0) is 9.19. The van der Waals surface area contributed by atoms with E-state index in [4.69, 9.17) is 5.73 Å². The maximum Gasteiger partial charge on any atom is 0.0290 e. The monoisotopic (exact) mass is 187 g/mol. The van der Waals surface area contributed by atoms with Gasteiger partial charge in [0.05, 0.1) is 0 Å². The zero-order valence-electron chi connectivity index (χ0n) is 8.47. The molecule has 0 aliphatic heterocycles. The van der Waals surface area contributed by atoms with Crippen molar-refractivity contribution in [3.8, 4) is 0 Å². The fourth-order valence-electron chi connectivity index (χ4n) is 2.09. The second-order valence-electron chi connectivity index (χ2n) is 4.24. The highest BCUT2D eigenvalue weighted by molar-refractivity contribution is 8.01. The third-order valence-corrected chi connectivity index (χ3v) is 4.23. The molecule has 0 spiro atoms. The van der Waals surface area contributed by atoms with Crippen LogP contribution < -0.4 is 5.73 Å². The van der Waals surface area contributed by atoms with E-state index in [9.17, 15) is 0 Å². The van der Waals surface area contributed by atoms with Gasteiger partial charge in [-0.2, -0.15) is 11.8 Å². The summed E-state index contributed by atoms with van der Waals surface area (Å²) in [5, 5.41) is 0.728. The van der Waals surface area contributed by atoms with Crippen LogP contribution in [-0.2, 0) is 0 Å². The summed E-state index contributed by atoms with van der Waals surface area (Å²) in [7, 11) is 0. The lowest BCUT2D eigenvalue weighted by atomic mass is 9.73. The molecule has 1 nitrogen and oxygen atoms in total. The Morgan fingerprint density at radius 1 is 1.50 bits per heavy atom. The van der Waals surface area contributed by atoms with Gasteiger partial charge in [-0.05, 0) is 24.0 Å². The van der Waals surface area contributed by atoms with Crippen LogP contribution in [0.5, 0.6) is 0 Å². The van der Waals surface area contributed by atoms with Crippen molar-refractivity contribution in [3.63, 3.8) is 0 Å². The molecule has 72 valence electrons. The summed E-state index contributed by atoms with van der Waals surface area (Å²) in [6.07, 6.45) is 4.03. The van der Waals surface area contributed by atoms with Crippen LogP contribution in [0.15, 0.2) is 0 Å². The number of rotatable bonds is 4. The van der Waals surface area contributed by atoms with Crippen molar-refractivity contribution in [2.24, 2.45) is 11.7 Å². The molecule has 12 heavy (non-hydrogen) atoms. The van der Waals surface area contributed by atoms with Crippen LogP contribution in [0.1, 0.15) is 40.0 Å². The smallest absolute Gasteiger partial charge is 0.0290 e. The Balaban J connectivity index is 2.36. The number of thioether (sulfide) groups is 1. The van der Waals surface area contributed by atoms with E-state index in [-0.39, 0.29) is 0 Å². The summed E-state index contributed by atoms with van der Waals surface area (Å²) in [6.45, 7) is 7.68. The van der Waals surface area contributed by atoms with Gasteiger partial charge in [0.25, 0.3) is 0 Å². The Kier molecular flexibility index (Phi) is 3.47. The van der Waals surface area contributed by atoms with Gasteiger partial charge in [0.1, 0.15) is 0 Å². The normalized spacial score (nSPS) is 35.2. The first-order valence-corrected chi connectivity index (χ1v) is 5.87. The van der Waals surface area contributed by atoms with Gasteiger partial charge in [0, 0.05) is 11.3 Å². The predicted octanol–water partition coefficient (Wildman–Crippen LogP) is 2.65. The minimum Gasteiger partial charge on any atom is -0.329 e. The first kappa shape index (κ1) is 10.4. The molecular weight excluding hydrogens is 166 g/mol. The van der Waals surface area contributed by atoms with E-state index in [1.165, 1.54) is 19.3 Å². The Hall–Kier alpha value is 0.310. The molecule has 1 aliphatic rings. The molecule has 0 unspecified atom stereocenters. The van der Waals surface area contributed by atoms with Gasteiger partial charge in [0.15, 0.2) is 0 Å². The molecular formula is C10H21NS. The molecule has 1 aliphatic carbocycles. The molecule has 0 amide bonds. The minimum atomic E-state index is 0.453. The highest BCUT2D eigenvalue weighted by Crippen LogP contribution is 2.49. The Bertz CT molecular complexity index is 139. The molecule has 0 atom stereocenters. The highest BCUT2D eigenvalue weighted by atomic mass is 32.2. The van der Waals surface area contributed by atoms with Crippen molar-refractivity contribution >= 4 is 11.8 Å². The molecule has 0 aromatic heterocycles. The molecule has 0 saturated heterocycles. The molecule has 1 rings (SSSR count). The zero-order valence-corrected chi connectivity index (χ0v) is 9.29. The van der Waals surface area contributed by atoms with E-state index in [1.54, 1.807) is 0 Å². The molecule has 1 fully saturated rings. The van der Waals surface area contributed by atoms with Crippen LogP contribution in [0.25, 0.3) is 0 Å². The van der Waals surface area contributed by atoms with Crippen molar-refractivity contribution in [1.29, 1.82) is 0 Å². The average Bonchev–Trinajstić information content (AvgIpc) is 1.95. The maximum atomic E-state index is 5.81. The van der Waals surface area contributed by atoms with Crippen LogP contribution in [0.2, 0.25) is 0 Å². The second-order valence-corrected chi connectivity index (χ2v) is 6.28. The van der Waals surface area contributed by atoms with Gasteiger partial charge in [-0.25, -0.2) is 0 Å². The summed E-state index contributed by atoms with van der Waals surface area (Å²) in [6, 6.07) is 0. The Morgan fingerprint density at radius 3 is 2.42 bits per heavy atom. The van der Waals surface area contributed by atoms with Crippen LogP contribution in [0.4, 0.5) is 0 Å². The summed E-state index contributed by atoms with van der Waals surface area (Å²) in [5.41, 5.74) is 5.81. The van der Waals surface area contributed by atoms with Crippen LogP contribution >= 0.6 is 11.8 Å². The summed E-state index contributed by atoms with van der Waals surface area (Å²) < 4.78 is 0.453. The van der Waals surface area contributed by atoms with Crippen LogP contribution in [0.3, 0.4) is 0 Å². The Morgan fingerprint density at radius 2 is 2.08 bits per heavy atom. The number of hydrogen-bond acceptors (Lipinski definition) is 2. The lowest BCUT2D eigenvalue weighted by Crippen LogP contribution is -2.47. The van der Waals surface area contributed by atoms with Crippen molar-refractivity contribution in [2.75, 3.05) is 6.54 Å². The highest BCUT2D eigenvalue weighted by Gasteiger charge is 2.42. The van der Waals surface area contributed by atoms with E-state index in [0.717, 1.165) is 17.7 Å². The topological polar surface area (TPSA) is 26.0 Å². The fraction of sp³-hybridized carbons (Fsp3) is 1.00. The van der Waals surface area contributed by atoms with E-state index < -0.39 is 0 Å². The Labute approximate surface area is 80.5 Å². The van der Waals surface area contributed by atoms with Crippen molar-refractivity contribution in [3.05, 3.63) is 0 Å². The second kappa shape index (κ2) is 4.01. The van der Waals surface area contributed by atoms with Crippen molar-refractivity contribution in [2.45, 2.75) is 50.0 Å². The molecule has 0 bridgehead atoms. The summed E-state index contributed by atoms with van der Waals surface area (Å²) >= 11 is 2.08. The average molecular weight is 187 g/mol. The molecule has 0 heterocycles. The third kappa shape index (κ3) is 2.17. The molecule has 0 radical (unpaired) electrons. The summed E-state index contributed by atoms with van der Waals surface area (Å²) in [5.74, 6) is 0.958. The summed E-state index contributed by atoms with van der Waals surface area (Å²) in [4.78, 5) is 0. The molecule has 1 saturated carbocycles. The van der Waals surface area contributed by atoms with E-state index >= 15 is 0 Å². The standard InChI is InChI=1S/C10H21NS/c1-4-9-5-10(6-9,7-11)12-8(2)3/h8-9H,4-7,11H2,1-3H3. The van der Waals surface area contributed by atoms with E-state index in [2.05, 4.69) is 32.5 Å². The largest absolute Gasteiger partial charge is 0.329 e. The first-order valence-electron chi connectivity index (χ1n) is 5.00. The van der Waals surface area contributed by atoms with Gasteiger partial charge in [-0.1, -0.05) is 27.2 Å².